The molecule has 3 rings (SSSR count). The summed E-state index contributed by atoms with van der Waals surface area (Å²) in [6, 6.07) is 15.7. The first-order valence-corrected chi connectivity index (χ1v) is 7.68. The van der Waals surface area contributed by atoms with Gasteiger partial charge in [-0.3, -0.25) is 0 Å². The van der Waals surface area contributed by atoms with Gasteiger partial charge >= 0.3 is 0 Å². The topological polar surface area (TPSA) is 12.0 Å². The van der Waals surface area contributed by atoms with Crippen LogP contribution in [0.3, 0.4) is 0 Å². The molecular formula is C17H20ClN. The fourth-order valence-electron chi connectivity index (χ4n) is 3.18. The van der Waals surface area contributed by atoms with E-state index in [1.54, 1.807) is 0 Å². The second-order valence-corrected chi connectivity index (χ2v) is 5.78. The van der Waals surface area contributed by atoms with Crippen molar-refractivity contribution in [3.63, 3.8) is 0 Å². The lowest BCUT2D eigenvalue weighted by atomic mass is 10.0. The summed E-state index contributed by atoms with van der Waals surface area (Å²) in [5.74, 6) is 1.43. The maximum atomic E-state index is 6.04. The summed E-state index contributed by atoms with van der Waals surface area (Å²) in [6.07, 6.45) is 3.85. The molecule has 1 aliphatic rings. The van der Waals surface area contributed by atoms with Crippen molar-refractivity contribution in [2.24, 2.45) is 5.92 Å². The Morgan fingerprint density at radius 3 is 2.79 bits per heavy atom. The maximum absolute atomic E-state index is 6.04. The third-order valence-corrected chi connectivity index (χ3v) is 4.69. The predicted molar refractivity (Wildman–Crippen MR) is 82.6 cm³/mol. The van der Waals surface area contributed by atoms with E-state index in [1.807, 2.05) is 0 Å². The van der Waals surface area contributed by atoms with E-state index < -0.39 is 0 Å². The standard InChI is InChI=1S/C17H20ClN/c18-11-14-7-4-10-17(14)19-12-15-8-3-6-13-5-1-2-9-16(13)15/h1-3,5-6,8-9,14,17,19H,4,7,10-12H2. The number of hydrogen-bond donors (Lipinski definition) is 1. The van der Waals surface area contributed by atoms with Crippen molar-refractivity contribution in [2.45, 2.75) is 31.8 Å². The molecule has 0 aliphatic heterocycles. The Bertz CT molecular complexity index is 546. The van der Waals surface area contributed by atoms with Gasteiger partial charge < -0.3 is 5.32 Å². The van der Waals surface area contributed by atoms with E-state index in [2.05, 4.69) is 47.8 Å². The number of hydrogen-bond acceptors (Lipinski definition) is 1. The highest BCUT2D eigenvalue weighted by atomic mass is 35.5. The van der Waals surface area contributed by atoms with Crippen LogP contribution < -0.4 is 5.32 Å². The zero-order valence-corrected chi connectivity index (χ0v) is 11.9. The van der Waals surface area contributed by atoms with E-state index in [4.69, 9.17) is 11.6 Å². The minimum atomic E-state index is 0.594. The lowest BCUT2D eigenvalue weighted by Gasteiger charge is -2.19. The van der Waals surface area contributed by atoms with Crippen LogP contribution in [0.1, 0.15) is 24.8 Å². The van der Waals surface area contributed by atoms with E-state index in [-0.39, 0.29) is 0 Å². The molecule has 2 atom stereocenters. The highest BCUT2D eigenvalue weighted by molar-refractivity contribution is 6.18. The van der Waals surface area contributed by atoms with Crippen LogP contribution in [0.15, 0.2) is 42.5 Å². The fraction of sp³-hybridized carbons (Fsp3) is 0.412. The molecule has 0 spiro atoms. The third kappa shape index (κ3) is 2.77. The van der Waals surface area contributed by atoms with Crippen LogP contribution in [0.5, 0.6) is 0 Å². The molecule has 0 aromatic heterocycles. The van der Waals surface area contributed by atoms with Gasteiger partial charge in [0.05, 0.1) is 0 Å². The van der Waals surface area contributed by atoms with Crippen LogP contribution in [-0.2, 0) is 6.54 Å². The van der Waals surface area contributed by atoms with Gasteiger partial charge in [-0.25, -0.2) is 0 Å². The van der Waals surface area contributed by atoms with Crippen LogP contribution in [-0.4, -0.2) is 11.9 Å². The largest absolute Gasteiger partial charge is 0.310 e. The van der Waals surface area contributed by atoms with E-state index in [9.17, 15) is 0 Å². The van der Waals surface area contributed by atoms with Crippen LogP contribution >= 0.6 is 11.6 Å². The minimum Gasteiger partial charge on any atom is -0.310 e. The van der Waals surface area contributed by atoms with E-state index in [1.165, 1.54) is 35.6 Å². The van der Waals surface area contributed by atoms with Crippen molar-refractivity contribution in [1.29, 1.82) is 0 Å². The van der Waals surface area contributed by atoms with Crippen molar-refractivity contribution in [1.82, 2.24) is 5.32 Å². The average molecular weight is 274 g/mol. The minimum absolute atomic E-state index is 0.594. The Kier molecular flexibility index (Phi) is 4.05. The molecule has 1 saturated carbocycles. The highest BCUT2D eigenvalue weighted by Crippen LogP contribution is 2.27. The third-order valence-electron chi connectivity index (χ3n) is 4.29. The van der Waals surface area contributed by atoms with Gasteiger partial charge in [-0.2, -0.15) is 0 Å². The van der Waals surface area contributed by atoms with Gasteiger partial charge in [0.15, 0.2) is 0 Å². The van der Waals surface area contributed by atoms with Crippen molar-refractivity contribution in [3.8, 4) is 0 Å². The van der Waals surface area contributed by atoms with E-state index in [0.29, 0.717) is 12.0 Å². The van der Waals surface area contributed by atoms with Crippen LogP contribution in [0, 0.1) is 5.92 Å². The summed E-state index contributed by atoms with van der Waals surface area (Å²) in [4.78, 5) is 0. The molecule has 1 nitrogen and oxygen atoms in total. The molecular weight excluding hydrogens is 254 g/mol. The molecule has 1 fully saturated rings. The van der Waals surface area contributed by atoms with E-state index in [0.717, 1.165) is 12.4 Å². The first-order chi connectivity index (χ1) is 9.38. The molecule has 0 bridgehead atoms. The molecule has 2 aromatic rings. The quantitative estimate of drug-likeness (QED) is 0.818. The number of halogens is 1. The van der Waals surface area contributed by atoms with Gasteiger partial charge in [0.25, 0.3) is 0 Å². The lowest BCUT2D eigenvalue weighted by Crippen LogP contribution is -2.32. The number of rotatable bonds is 4. The Hall–Kier alpha value is -1.05. The van der Waals surface area contributed by atoms with Crippen molar-refractivity contribution >= 4 is 22.4 Å². The number of nitrogens with one attached hydrogen (secondary N) is 1. The average Bonchev–Trinajstić information content (AvgIpc) is 2.92. The molecule has 0 heterocycles. The second-order valence-electron chi connectivity index (χ2n) is 5.47. The van der Waals surface area contributed by atoms with Gasteiger partial charge in [-0.05, 0) is 35.1 Å². The first-order valence-electron chi connectivity index (χ1n) is 7.14. The monoisotopic (exact) mass is 273 g/mol. The summed E-state index contributed by atoms with van der Waals surface area (Å²) in [5.41, 5.74) is 1.39. The van der Waals surface area contributed by atoms with Crippen LogP contribution in [0.4, 0.5) is 0 Å². The molecule has 2 aromatic carbocycles. The van der Waals surface area contributed by atoms with Gasteiger partial charge in [-0.15, -0.1) is 11.6 Å². The summed E-state index contributed by atoms with van der Waals surface area (Å²) in [5, 5.41) is 6.39. The number of alkyl halides is 1. The summed E-state index contributed by atoms with van der Waals surface area (Å²) in [6.45, 7) is 0.944. The molecule has 0 amide bonds. The Balaban J connectivity index is 1.75. The van der Waals surface area contributed by atoms with Gasteiger partial charge in [-0.1, -0.05) is 48.9 Å². The molecule has 1 aliphatic carbocycles. The van der Waals surface area contributed by atoms with Gasteiger partial charge in [0.1, 0.15) is 0 Å². The SMILES string of the molecule is ClCC1CCCC1NCc1cccc2ccccc12. The maximum Gasteiger partial charge on any atom is 0.0266 e. The number of fused-ring (bicyclic) bond motifs is 1. The normalized spacial score (nSPS) is 23.0. The molecule has 2 unspecified atom stereocenters. The van der Waals surface area contributed by atoms with Crippen molar-refractivity contribution in [2.75, 3.05) is 5.88 Å². The highest BCUT2D eigenvalue weighted by Gasteiger charge is 2.25. The zero-order valence-electron chi connectivity index (χ0n) is 11.1. The van der Waals surface area contributed by atoms with Gasteiger partial charge in [0.2, 0.25) is 0 Å². The molecule has 0 saturated heterocycles. The zero-order chi connectivity index (χ0) is 13.1. The Morgan fingerprint density at radius 1 is 1.05 bits per heavy atom. The molecule has 2 heteroatoms. The number of benzene rings is 2. The predicted octanol–water partition coefficient (Wildman–Crippen LogP) is 4.34. The molecule has 19 heavy (non-hydrogen) atoms. The fourth-order valence-corrected chi connectivity index (χ4v) is 3.55. The van der Waals surface area contributed by atoms with Gasteiger partial charge in [0, 0.05) is 18.5 Å². The van der Waals surface area contributed by atoms with Crippen LogP contribution in [0.2, 0.25) is 0 Å². The van der Waals surface area contributed by atoms with Crippen molar-refractivity contribution in [3.05, 3.63) is 48.0 Å². The summed E-state index contributed by atoms with van der Waals surface area (Å²) < 4.78 is 0. The summed E-state index contributed by atoms with van der Waals surface area (Å²) in [7, 11) is 0. The Morgan fingerprint density at radius 2 is 1.89 bits per heavy atom. The molecule has 100 valence electrons. The summed E-state index contributed by atoms with van der Waals surface area (Å²) >= 11 is 6.04. The van der Waals surface area contributed by atoms with Crippen molar-refractivity contribution < 1.29 is 0 Å². The first kappa shape index (κ1) is 13.0. The second kappa shape index (κ2) is 5.94. The smallest absolute Gasteiger partial charge is 0.0266 e. The Labute approximate surface area is 120 Å². The van der Waals surface area contributed by atoms with E-state index >= 15 is 0 Å². The molecule has 0 radical (unpaired) electrons. The lowest BCUT2D eigenvalue weighted by molar-refractivity contribution is 0.430. The molecule has 1 N–H and O–H groups in total. The van der Waals surface area contributed by atoms with Crippen LogP contribution in [0.25, 0.3) is 10.8 Å².